The molecule has 2 aromatic rings. The fourth-order valence-electron chi connectivity index (χ4n) is 2.19. The van der Waals surface area contributed by atoms with E-state index in [4.69, 9.17) is 10.5 Å². The molecule has 4 heteroatoms. The van der Waals surface area contributed by atoms with Crippen LogP contribution in [0.1, 0.15) is 12.5 Å². The number of nitrogens with two attached hydrogens (primary N) is 1. The molecule has 2 rings (SSSR count). The van der Waals surface area contributed by atoms with Crippen LogP contribution in [0.25, 0.3) is 0 Å². The van der Waals surface area contributed by atoms with E-state index < -0.39 is 0 Å². The maximum Gasteiger partial charge on any atom is 0.146 e. The van der Waals surface area contributed by atoms with E-state index in [0.717, 1.165) is 5.56 Å². The molecule has 0 unspecified atom stereocenters. The summed E-state index contributed by atoms with van der Waals surface area (Å²) in [6.45, 7) is 3.28. The molecule has 0 saturated carbocycles. The van der Waals surface area contributed by atoms with E-state index in [1.165, 1.54) is 6.07 Å². The zero-order valence-corrected chi connectivity index (χ0v) is 11.8. The topological polar surface area (TPSA) is 38.5 Å². The van der Waals surface area contributed by atoms with Gasteiger partial charge in [0.1, 0.15) is 11.6 Å². The van der Waals surface area contributed by atoms with Crippen LogP contribution in [0, 0.1) is 5.82 Å². The van der Waals surface area contributed by atoms with Crippen LogP contribution in [-0.4, -0.2) is 13.7 Å². The van der Waals surface area contributed by atoms with Crippen LogP contribution in [0.15, 0.2) is 42.5 Å². The van der Waals surface area contributed by atoms with Gasteiger partial charge in [0.25, 0.3) is 0 Å². The Kier molecular flexibility index (Phi) is 4.45. The predicted octanol–water partition coefficient (Wildman–Crippen LogP) is 3.44. The fraction of sp³-hybridized carbons (Fsp3) is 0.250. The van der Waals surface area contributed by atoms with Crippen molar-refractivity contribution in [2.75, 3.05) is 24.3 Å². The van der Waals surface area contributed by atoms with Crippen molar-refractivity contribution in [2.24, 2.45) is 0 Å². The minimum atomic E-state index is -0.217. The van der Waals surface area contributed by atoms with Crippen molar-refractivity contribution in [3.05, 3.63) is 53.8 Å². The minimum absolute atomic E-state index is 0.217. The van der Waals surface area contributed by atoms with E-state index in [2.05, 4.69) is 0 Å². The van der Waals surface area contributed by atoms with Gasteiger partial charge in [-0.15, -0.1) is 0 Å². The van der Waals surface area contributed by atoms with E-state index in [1.54, 1.807) is 25.3 Å². The van der Waals surface area contributed by atoms with Gasteiger partial charge in [0, 0.05) is 24.8 Å². The number of rotatable bonds is 5. The SMILES string of the molecule is CCN(Cc1cc(N)cc(OC)c1)c1ccccc1F. The first kappa shape index (κ1) is 14.2. The number of hydrogen-bond acceptors (Lipinski definition) is 3. The summed E-state index contributed by atoms with van der Waals surface area (Å²) >= 11 is 0. The molecular formula is C16H19FN2O. The Hall–Kier alpha value is -2.23. The first-order chi connectivity index (χ1) is 9.63. The molecule has 0 heterocycles. The van der Waals surface area contributed by atoms with E-state index >= 15 is 0 Å². The molecule has 2 aromatic carbocycles. The maximum atomic E-state index is 13.9. The smallest absolute Gasteiger partial charge is 0.146 e. The monoisotopic (exact) mass is 274 g/mol. The van der Waals surface area contributed by atoms with E-state index in [0.29, 0.717) is 30.2 Å². The lowest BCUT2D eigenvalue weighted by Crippen LogP contribution is -2.23. The highest BCUT2D eigenvalue weighted by atomic mass is 19.1. The Bertz CT molecular complexity index is 586. The molecule has 3 nitrogen and oxygen atoms in total. The summed E-state index contributed by atoms with van der Waals surface area (Å²) in [5.74, 6) is 0.495. The average molecular weight is 274 g/mol. The van der Waals surface area contributed by atoms with Gasteiger partial charge in [0.15, 0.2) is 0 Å². The Morgan fingerprint density at radius 3 is 2.60 bits per heavy atom. The number of ether oxygens (including phenoxy) is 1. The van der Waals surface area contributed by atoms with Gasteiger partial charge >= 0.3 is 0 Å². The Morgan fingerprint density at radius 2 is 1.95 bits per heavy atom. The number of hydrogen-bond donors (Lipinski definition) is 1. The highest BCUT2D eigenvalue weighted by Crippen LogP contribution is 2.24. The summed E-state index contributed by atoms with van der Waals surface area (Å²) in [6, 6.07) is 12.3. The standard InChI is InChI=1S/C16H19FN2O/c1-3-19(16-7-5-4-6-15(16)17)11-12-8-13(18)10-14(9-12)20-2/h4-10H,3,11,18H2,1-2H3. The van der Waals surface area contributed by atoms with Crippen LogP contribution in [0.5, 0.6) is 5.75 Å². The number of anilines is 2. The summed E-state index contributed by atoms with van der Waals surface area (Å²) in [6.07, 6.45) is 0. The minimum Gasteiger partial charge on any atom is -0.497 e. The number of para-hydroxylation sites is 1. The first-order valence-corrected chi connectivity index (χ1v) is 6.57. The van der Waals surface area contributed by atoms with Crippen molar-refractivity contribution < 1.29 is 9.13 Å². The molecule has 0 bridgehead atoms. The summed E-state index contributed by atoms with van der Waals surface area (Å²) in [5, 5.41) is 0. The Labute approximate surface area is 118 Å². The quantitative estimate of drug-likeness (QED) is 0.849. The van der Waals surface area contributed by atoms with Gasteiger partial charge in [-0.05, 0) is 36.8 Å². The molecule has 0 radical (unpaired) electrons. The number of nitrogens with zero attached hydrogens (tertiary/aromatic N) is 1. The second-order valence-corrected chi connectivity index (χ2v) is 4.58. The molecule has 20 heavy (non-hydrogen) atoms. The summed E-state index contributed by atoms with van der Waals surface area (Å²) in [7, 11) is 1.60. The molecule has 0 atom stereocenters. The normalized spacial score (nSPS) is 10.3. The number of methoxy groups -OCH3 is 1. The highest BCUT2D eigenvalue weighted by Gasteiger charge is 2.10. The van der Waals surface area contributed by atoms with Crippen LogP contribution in [0.4, 0.5) is 15.8 Å². The largest absolute Gasteiger partial charge is 0.497 e. The third-order valence-electron chi connectivity index (χ3n) is 3.17. The maximum absolute atomic E-state index is 13.9. The third kappa shape index (κ3) is 3.20. The number of benzene rings is 2. The highest BCUT2D eigenvalue weighted by molar-refractivity contribution is 5.51. The first-order valence-electron chi connectivity index (χ1n) is 6.57. The van der Waals surface area contributed by atoms with E-state index in [1.807, 2.05) is 30.0 Å². The van der Waals surface area contributed by atoms with Crippen LogP contribution in [-0.2, 0) is 6.54 Å². The molecule has 0 fully saturated rings. The van der Waals surface area contributed by atoms with Gasteiger partial charge < -0.3 is 15.4 Å². The van der Waals surface area contributed by atoms with Crippen molar-refractivity contribution in [3.63, 3.8) is 0 Å². The van der Waals surface area contributed by atoms with Crippen molar-refractivity contribution in [3.8, 4) is 5.75 Å². The van der Waals surface area contributed by atoms with Gasteiger partial charge in [-0.1, -0.05) is 12.1 Å². The van der Waals surface area contributed by atoms with Crippen molar-refractivity contribution in [2.45, 2.75) is 13.5 Å². The molecular weight excluding hydrogens is 255 g/mol. The van der Waals surface area contributed by atoms with Crippen molar-refractivity contribution >= 4 is 11.4 Å². The zero-order chi connectivity index (χ0) is 14.5. The third-order valence-corrected chi connectivity index (χ3v) is 3.17. The Morgan fingerprint density at radius 1 is 1.20 bits per heavy atom. The molecule has 0 spiro atoms. The van der Waals surface area contributed by atoms with Crippen LogP contribution < -0.4 is 15.4 Å². The fourth-order valence-corrected chi connectivity index (χ4v) is 2.19. The molecule has 0 saturated heterocycles. The lowest BCUT2D eigenvalue weighted by Gasteiger charge is -2.24. The van der Waals surface area contributed by atoms with Gasteiger partial charge in [-0.3, -0.25) is 0 Å². The van der Waals surface area contributed by atoms with E-state index in [-0.39, 0.29) is 5.82 Å². The van der Waals surface area contributed by atoms with Crippen LogP contribution in [0.2, 0.25) is 0 Å². The molecule has 2 N–H and O–H groups in total. The molecule has 106 valence electrons. The van der Waals surface area contributed by atoms with Gasteiger partial charge in [-0.25, -0.2) is 4.39 Å². The lowest BCUT2D eigenvalue weighted by atomic mass is 10.1. The molecule has 0 aliphatic heterocycles. The van der Waals surface area contributed by atoms with Crippen molar-refractivity contribution in [1.29, 1.82) is 0 Å². The molecule has 0 aromatic heterocycles. The van der Waals surface area contributed by atoms with Crippen molar-refractivity contribution in [1.82, 2.24) is 0 Å². The van der Waals surface area contributed by atoms with Gasteiger partial charge in [-0.2, -0.15) is 0 Å². The summed E-state index contributed by atoms with van der Waals surface area (Å²) < 4.78 is 19.1. The average Bonchev–Trinajstić information content (AvgIpc) is 2.45. The molecule has 0 aliphatic rings. The van der Waals surface area contributed by atoms with Crippen LogP contribution >= 0.6 is 0 Å². The predicted molar refractivity (Wildman–Crippen MR) is 80.5 cm³/mol. The van der Waals surface area contributed by atoms with Gasteiger partial charge in [0.05, 0.1) is 12.8 Å². The summed E-state index contributed by atoms with van der Waals surface area (Å²) in [5.41, 5.74) is 8.08. The summed E-state index contributed by atoms with van der Waals surface area (Å²) in [4.78, 5) is 1.96. The molecule has 0 amide bonds. The van der Waals surface area contributed by atoms with Crippen LogP contribution in [0.3, 0.4) is 0 Å². The van der Waals surface area contributed by atoms with Gasteiger partial charge in [0.2, 0.25) is 0 Å². The zero-order valence-electron chi connectivity index (χ0n) is 11.8. The number of halogens is 1. The van der Waals surface area contributed by atoms with E-state index in [9.17, 15) is 4.39 Å². The number of nitrogen functional groups attached to an aromatic ring is 1. The Balaban J connectivity index is 2.27. The lowest BCUT2D eigenvalue weighted by molar-refractivity contribution is 0.414. The second-order valence-electron chi connectivity index (χ2n) is 4.58. The second kappa shape index (κ2) is 6.28. The molecule has 0 aliphatic carbocycles.